The van der Waals surface area contributed by atoms with Gasteiger partial charge in [-0.25, -0.2) is 0 Å². The van der Waals surface area contributed by atoms with Gasteiger partial charge in [-0.2, -0.15) is 0 Å². The van der Waals surface area contributed by atoms with Crippen LogP contribution < -0.4 is 0 Å². The van der Waals surface area contributed by atoms with E-state index in [0.717, 1.165) is 6.54 Å². The van der Waals surface area contributed by atoms with Crippen molar-refractivity contribution in [1.29, 1.82) is 0 Å². The van der Waals surface area contributed by atoms with Gasteiger partial charge in [-0.1, -0.05) is 6.04 Å². The van der Waals surface area contributed by atoms with Gasteiger partial charge in [0.25, 0.3) is 0 Å². The van der Waals surface area contributed by atoms with Crippen molar-refractivity contribution in [1.82, 2.24) is 4.90 Å². The van der Waals surface area contributed by atoms with Crippen LogP contribution in [0.15, 0.2) is 0 Å². The van der Waals surface area contributed by atoms with Crippen LogP contribution >= 0.6 is 0 Å². The molecule has 0 saturated heterocycles. The Kier molecular flexibility index (Phi) is 10.1. The lowest BCUT2D eigenvalue weighted by molar-refractivity contribution is -0.323. The molecule has 0 aliphatic heterocycles. The monoisotopic (exact) mass is 263 g/mol. The van der Waals surface area contributed by atoms with Gasteiger partial charge in [0.1, 0.15) is 9.52 Å². The molecule has 0 atom stereocenters. The van der Waals surface area contributed by atoms with Crippen molar-refractivity contribution in [3.8, 4) is 0 Å². The third-order valence-electron chi connectivity index (χ3n) is 2.43. The summed E-state index contributed by atoms with van der Waals surface area (Å²) in [6, 6.07) is 1.18. The first-order valence-electron chi connectivity index (χ1n) is 6.66. The first kappa shape index (κ1) is 17.1. The summed E-state index contributed by atoms with van der Waals surface area (Å²) in [6.07, 6.45) is 1.19. The number of hydrogen-bond donors (Lipinski definition) is 0. The normalized spacial score (nSPS) is 13.1. The average Bonchev–Trinajstić information content (AvgIpc) is 2.25. The smallest absolute Gasteiger partial charge is 0.249 e. The molecule has 0 unspecified atom stereocenters. The van der Waals surface area contributed by atoms with E-state index in [-0.39, 0.29) is 0 Å². The molecule has 0 aromatic carbocycles. The van der Waals surface area contributed by atoms with Crippen LogP contribution in [0.2, 0.25) is 6.04 Å². The maximum absolute atomic E-state index is 5.72. The molecule has 104 valence electrons. The van der Waals surface area contributed by atoms with E-state index in [4.69, 9.17) is 14.2 Å². The zero-order valence-electron chi connectivity index (χ0n) is 12.1. The predicted octanol–water partition coefficient (Wildman–Crippen LogP) is 1.25. The van der Waals surface area contributed by atoms with Crippen LogP contribution in [0, 0.1) is 0 Å². The number of rotatable bonds is 11. The zero-order valence-corrected chi connectivity index (χ0v) is 13.5. The van der Waals surface area contributed by atoms with Crippen LogP contribution in [-0.2, 0) is 14.2 Å². The maximum Gasteiger partial charge on any atom is 0.249 e. The van der Waals surface area contributed by atoms with Crippen molar-refractivity contribution in [2.24, 2.45) is 0 Å². The summed E-state index contributed by atoms with van der Waals surface area (Å²) in [7, 11) is 3.65. The van der Waals surface area contributed by atoms with Crippen LogP contribution in [0.5, 0.6) is 0 Å². The van der Waals surface area contributed by atoms with Crippen LogP contribution in [0.4, 0.5) is 0 Å². The van der Waals surface area contributed by atoms with Crippen LogP contribution in [-0.4, -0.2) is 60.5 Å². The Hall–Kier alpha value is 0.0569. The standard InChI is InChI=1S/C12H29NO3Si/c1-6-14-12(15-7-2,16-8-3)17-11-9-10-13(4)5/h6-11,17H2,1-5H3. The third-order valence-corrected chi connectivity index (χ3v) is 4.51. The SMILES string of the molecule is CCOC(OCC)(OCC)[SiH2]CCCN(C)C. The van der Waals surface area contributed by atoms with Crippen molar-refractivity contribution in [2.75, 3.05) is 40.5 Å². The molecule has 0 amide bonds. The molecule has 0 bridgehead atoms. The summed E-state index contributed by atoms with van der Waals surface area (Å²) >= 11 is 0. The molecule has 0 N–H and O–H groups in total. The molecule has 0 fully saturated rings. The van der Waals surface area contributed by atoms with Gasteiger partial charge in [0.05, 0.1) is 0 Å². The molecule has 0 aromatic heterocycles. The minimum atomic E-state index is -0.690. The second-order valence-electron chi connectivity index (χ2n) is 4.24. The molecule has 0 aromatic rings. The molecule has 5 heteroatoms. The Bertz CT molecular complexity index is 162. The van der Waals surface area contributed by atoms with E-state index >= 15 is 0 Å². The van der Waals surface area contributed by atoms with Crippen molar-refractivity contribution < 1.29 is 14.2 Å². The number of ether oxygens (including phenoxy) is 3. The van der Waals surface area contributed by atoms with Gasteiger partial charge in [0, 0.05) is 19.8 Å². The van der Waals surface area contributed by atoms with Gasteiger partial charge < -0.3 is 19.1 Å². The topological polar surface area (TPSA) is 30.9 Å². The van der Waals surface area contributed by atoms with Gasteiger partial charge in [-0.3, -0.25) is 0 Å². The number of hydrogen-bond acceptors (Lipinski definition) is 4. The Morgan fingerprint density at radius 2 is 1.41 bits per heavy atom. The number of nitrogens with zero attached hydrogens (tertiary/aromatic N) is 1. The quantitative estimate of drug-likeness (QED) is 0.319. The summed E-state index contributed by atoms with van der Waals surface area (Å²) in [5.74, 6) is 0. The van der Waals surface area contributed by atoms with Crippen molar-refractivity contribution in [3.05, 3.63) is 0 Å². The van der Waals surface area contributed by atoms with E-state index in [0.29, 0.717) is 19.8 Å². The molecule has 17 heavy (non-hydrogen) atoms. The Labute approximate surface area is 108 Å². The van der Waals surface area contributed by atoms with E-state index in [1.54, 1.807) is 0 Å². The minimum absolute atomic E-state index is 0.551. The molecule has 0 heterocycles. The summed E-state index contributed by atoms with van der Waals surface area (Å²) in [6.45, 7) is 9.00. The van der Waals surface area contributed by atoms with Crippen LogP contribution in [0.3, 0.4) is 0 Å². The van der Waals surface area contributed by atoms with Gasteiger partial charge in [0.2, 0.25) is 5.60 Å². The molecule has 0 rings (SSSR count). The Balaban J connectivity index is 4.14. The minimum Gasteiger partial charge on any atom is -0.332 e. The van der Waals surface area contributed by atoms with E-state index in [1.165, 1.54) is 12.5 Å². The summed E-state index contributed by atoms with van der Waals surface area (Å²) in [4.78, 5) is 2.21. The molecule has 0 aliphatic carbocycles. The lowest BCUT2D eigenvalue weighted by atomic mass is 10.5. The fourth-order valence-corrected chi connectivity index (χ4v) is 3.72. The van der Waals surface area contributed by atoms with E-state index < -0.39 is 15.1 Å². The second kappa shape index (κ2) is 10.0. The van der Waals surface area contributed by atoms with Crippen molar-refractivity contribution in [3.63, 3.8) is 0 Å². The zero-order chi connectivity index (χ0) is 13.1. The molecule has 0 saturated carbocycles. The molecule has 0 radical (unpaired) electrons. The largest absolute Gasteiger partial charge is 0.332 e. The maximum atomic E-state index is 5.72. The molecular weight excluding hydrogens is 234 g/mol. The lowest BCUT2D eigenvalue weighted by Crippen LogP contribution is -2.45. The Morgan fingerprint density at radius 3 is 1.76 bits per heavy atom. The van der Waals surface area contributed by atoms with E-state index in [2.05, 4.69) is 19.0 Å². The highest BCUT2D eigenvalue weighted by atomic mass is 28.2. The van der Waals surface area contributed by atoms with E-state index in [1.807, 2.05) is 20.8 Å². The third kappa shape index (κ3) is 7.89. The Morgan fingerprint density at radius 1 is 0.941 bits per heavy atom. The second-order valence-corrected chi connectivity index (χ2v) is 6.32. The summed E-state index contributed by atoms with van der Waals surface area (Å²) < 4.78 is 17.2. The van der Waals surface area contributed by atoms with Crippen LogP contribution in [0.25, 0.3) is 0 Å². The highest BCUT2D eigenvalue weighted by Gasteiger charge is 2.31. The molecule has 4 nitrogen and oxygen atoms in total. The van der Waals surface area contributed by atoms with Gasteiger partial charge in [0.15, 0.2) is 0 Å². The summed E-state index contributed by atoms with van der Waals surface area (Å²) in [5, 5.41) is 0. The van der Waals surface area contributed by atoms with Crippen molar-refractivity contribution >= 4 is 9.52 Å². The average molecular weight is 263 g/mol. The molecular formula is C12H29NO3Si. The highest BCUT2D eigenvalue weighted by Crippen LogP contribution is 2.16. The van der Waals surface area contributed by atoms with Gasteiger partial charge >= 0.3 is 0 Å². The van der Waals surface area contributed by atoms with Crippen LogP contribution in [0.1, 0.15) is 27.2 Å². The predicted molar refractivity (Wildman–Crippen MR) is 74.1 cm³/mol. The summed E-state index contributed by atoms with van der Waals surface area (Å²) in [5.41, 5.74) is -0.690. The fraction of sp³-hybridized carbons (Fsp3) is 1.00. The van der Waals surface area contributed by atoms with Gasteiger partial charge in [-0.15, -0.1) is 0 Å². The lowest BCUT2D eigenvalue weighted by Gasteiger charge is -2.32. The first-order valence-corrected chi connectivity index (χ1v) is 8.37. The molecule has 0 aliphatic rings. The molecule has 0 spiro atoms. The van der Waals surface area contributed by atoms with Crippen molar-refractivity contribution in [2.45, 2.75) is 38.8 Å². The highest BCUT2D eigenvalue weighted by molar-refractivity contribution is 6.38. The first-order chi connectivity index (χ1) is 8.10. The van der Waals surface area contributed by atoms with E-state index in [9.17, 15) is 0 Å². The fourth-order valence-electron chi connectivity index (χ4n) is 1.77. The van der Waals surface area contributed by atoms with Gasteiger partial charge in [-0.05, 0) is 47.8 Å².